The highest BCUT2D eigenvalue weighted by Gasteiger charge is 2.44. The van der Waals surface area contributed by atoms with Crippen LogP contribution in [-0.4, -0.2) is 46.8 Å². The van der Waals surface area contributed by atoms with Crippen LogP contribution in [0.25, 0.3) is 0 Å². The fourth-order valence-corrected chi connectivity index (χ4v) is 5.11. The predicted molar refractivity (Wildman–Crippen MR) is 131 cm³/mol. The van der Waals surface area contributed by atoms with Crippen LogP contribution in [0.4, 0.5) is 0 Å². The standard InChI is InChI=1S/C27H34N4O3/c1-18(28)25(32)29-22-15-9-8-14-21-16-17-23(31(21)27(22)34)26(33)30-24(19-10-4-2-5-11-19)20-12-6-3-7-13-20/h2-7,10-13,18,21-24H,8-9,14-17,28H2,1H3,(H,29,32)(H,30,33). The summed E-state index contributed by atoms with van der Waals surface area (Å²) in [7, 11) is 0. The Morgan fingerprint density at radius 3 is 2.09 bits per heavy atom. The Bertz CT molecular complexity index is 956. The van der Waals surface area contributed by atoms with E-state index in [1.807, 2.05) is 60.7 Å². The molecule has 4 rings (SSSR count). The molecule has 2 saturated heterocycles. The smallest absolute Gasteiger partial charge is 0.246 e. The molecule has 0 radical (unpaired) electrons. The number of rotatable bonds is 6. The maximum atomic E-state index is 13.6. The van der Waals surface area contributed by atoms with Gasteiger partial charge in [-0.3, -0.25) is 14.4 Å². The first kappa shape index (κ1) is 24.0. The molecular formula is C27H34N4O3. The maximum Gasteiger partial charge on any atom is 0.246 e. The molecule has 4 unspecified atom stereocenters. The number of hydrogen-bond donors (Lipinski definition) is 3. The van der Waals surface area contributed by atoms with E-state index in [0.717, 1.165) is 36.8 Å². The lowest BCUT2D eigenvalue weighted by atomic mass is 9.98. The van der Waals surface area contributed by atoms with Gasteiger partial charge in [0, 0.05) is 6.04 Å². The molecule has 7 heteroatoms. The van der Waals surface area contributed by atoms with Crippen molar-refractivity contribution in [2.24, 2.45) is 5.73 Å². The number of nitrogens with zero attached hydrogens (tertiary/aromatic N) is 1. The molecule has 2 aliphatic rings. The Morgan fingerprint density at radius 1 is 0.912 bits per heavy atom. The van der Waals surface area contributed by atoms with Crippen molar-refractivity contribution >= 4 is 17.7 Å². The molecule has 4 atom stereocenters. The lowest BCUT2D eigenvalue weighted by Crippen LogP contribution is -2.57. The fraction of sp³-hybridized carbons (Fsp3) is 0.444. The van der Waals surface area contributed by atoms with Crippen LogP contribution in [0.1, 0.15) is 62.6 Å². The third-order valence-electron chi connectivity index (χ3n) is 6.92. The molecule has 2 fully saturated rings. The zero-order valence-corrected chi connectivity index (χ0v) is 19.7. The van der Waals surface area contributed by atoms with Crippen LogP contribution in [0.3, 0.4) is 0 Å². The molecular weight excluding hydrogens is 428 g/mol. The number of carbonyl (C=O) groups is 3. The zero-order chi connectivity index (χ0) is 24.1. The van der Waals surface area contributed by atoms with E-state index in [4.69, 9.17) is 5.73 Å². The molecule has 180 valence electrons. The topological polar surface area (TPSA) is 105 Å². The molecule has 4 N–H and O–H groups in total. The van der Waals surface area contributed by atoms with E-state index < -0.39 is 18.1 Å². The molecule has 3 amide bonds. The zero-order valence-electron chi connectivity index (χ0n) is 19.7. The predicted octanol–water partition coefficient (Wildman–Crippen LogP) is 2.66. The minimum atomic E-state index is -0.691. The van der Waals surface area contributed by atoms with E-state index in [-0.39, 0.29) is 29.8 Å². The first-order valence-corrected chi connectivity index (χ1v) is 12.2. The Labute approximate surface area is 201 Å². The number of carbonyl (C=O) groups excluding carboxylic acids is 3. The first-order chi connectivity index (χ1) is 16.5. The van der Waals surface area contributed by atoms with Crippen LogP contribution >= 0.6 is 0 Å². The van der Waals surface area contributed by atoms with Crippen molar-refractivity contribution in [3.05, 3.63) is 71.8 Å². The van der Waals surface area contributed by atoms with Gasteiger partial charge >= 0.3 is 0 Å². The summed E-state index contributed by atoms with van der Waals surface area (Å²) in [6.07, 6.45) is 4.67. The largest absolute Gasteiger partial charge is 0.343 e. The van der Waals surface area contributed by atoms with Gasteiger partial charge in [-0.25, -0.2) is 0 Å². The van der Waals surface area contributed by atoms with Crippen LogP contribution in [0.15, 0.2) is 60.7 Å². The minimum absolute atomic E-state index is 0.0187. The van der Waals surface area contributed by atoms with Crippen LogP contribution in [0, 0.1) is 0 Å². The van der Waals surface area contributed by atoms with Gasteiger partial charge in [0.1, 0.15) is 12.1 Å². The molecule has 2 heterocycles. The molecule has 34 heavy (non-hydrogen) atoms. The van der Waals surface area contributed by atoms with E-state index in [2.05, 4.69) is 10.6 Å². The third-order valence-corrected chi connectivity index (χ3v) is 6.92. The molecule has 7 nitrogen and oxygen atoms in total. The molecule has 0 saturated carbocycles. The van der Waals surface area contributed by atoms with E-state index in [1.54, 1.807) is 11.8 Å². The second-order valence-corrected chi connectivity index (χ2v) is 9.39. The number of nitrogens with one attached hydrogen (secondary N) is 2. The van der Waals surface area contributed by atoms with Gasteiger partial charge < -0.3 is 21.3 Å². The lowest BCUT2D eigenvalue weighted by molar-refractivity contribution is -0.144. The summed E-state index contributed by atoms with van der Waals surface area (Å²) in [5.41, 5.74) is 7.68. The highest BCUT2D eigenvalue weighted by atomic mass is 16.2. The van der Waals surface area contributed by atoms with E-state index in [1.165, 1.54) is 0 Å². The van der Waals surface area contributed by atoms with Crippen molar-refractivity contribution in [2.45, 2.75) is 75.7 Å². The monoisotopic (exact) mass is 462 g/mol. The summed E-state index contributed by atoms with van der Waals surface area (Å²) in [4.78, 5) is 41.2. The van der Waals surface area contributed by atoms with Gasteiger partial charge in [-0.1, -0.05) is 73.5 Å². The average molecular weight is 463 g/mol. The molecule has 0 bridgehead atoms. The molecule has 2 aromatic carbocycles. The van der Waals surface area contributed by atoms with Crippen molar-refractivity contribution in [1.29, 1.82) is 0 Å². The summed E-state index contributed by atoms with van der Waals surface area (Å²) >= 11 is 0. The van der Waals surface area contributed by atoms with Gasteiger partial charge in [0.15, 0.2) is 0 Å². The number of hydrogen-bond acceptors (Lipinski definition) is 4. The number of nitrogens with two attached hydrogens (primary N) is 1. The SMILES string of the molecule is CC(N)C(=O)NC1CCCCC2CCC(C(=O)NC(c3ccccc3)c3ccccc3)N2C1=O. The number of amides is 3. The highest BCUT2D eigenvalue weighted by Crippen LogP contribution is 2.32. The van der Waals surface area contributed by atoms with Crippen LogP contribution in [-0.2, 0) is 14.4 Å². The van der Waals surface area contributed by atoms with Gasteiger partial charge in [0.05, 0.1) is 12.1 Å². The second-order valence-electron chi connectivity index (χ2n) is 9.39. The summed E-state index contributed by atoms with van der Waals surface area (Å²) in [5.74, 6) is -0.678. The van der Waals surface area contributed by atoms with Gasteiger partial charge in [0.25, 0.3) is 0 Å². The summed E-state index contributed by atoms with van der Waals surface area (Å²) in [5, 5.41) is 6.03. The van der Waals surface area contributed by atoms with Gasteiger partial charge in [0.2, 0.25) is 17.7 Å². The fourth-order valence-electron chi connectivity index (χ4n) is 5.11. The average Bonchev–Trinajstić information content (AvgIpc) is 3.27. The van der Waals surface area contributed by atoms with Crippen molar-refractivity contribution in [2.75, 3.05) is 0 Å². The minimum Gasteiger partial charge on any atom is -0.343 e. The Balaban J connectivity index is 1.57. The molecule has 0 spiro atoms. The first-order valence-electron chi connectivity index (χ1n) is 12.2. The number of benzene rings is 2. The third kappa shape index (κ3) is 5.30. The van der Waals surface area contributed by atoms with Crippen LogP contribution in [0.5, 0.6) is 0 Å². The Kier molecular flexibility index (Phi) is 7.63. The molecule has 0 aromatic heterocycles. The maximum absolute atomic E-state index is 13.6. The van der Waals surface area contributed by atoms with Crippen molar-refractivity contribution in [3.8, 4) is 0 Å². The normalized spacial score (nSPS) is 23.6. The van der Waals surface area contributed by atoms with Crippen LogP contribution in [0.2, 0.25) is 0 Å². The van der Waals surface area contributed by atoms with Gasteiger partial charge in [-0.05, 0) is 43.7 Å². The Hall–Kier alpha value is -3.19. The van der Waals surface area contributed by atoms with Crippen molar-refractivity contribution < 1.29 is 14.4 Å². The van der Waals surface area contributed by atoms with Crippen molar-refractivity contribution in [3.63, 3.8) is 0 Å². The van der Waals surface area contributed by atoms with E-state index in [0.29, 0.717) is 12.8 Å². The number of fused-ring (bicyclic) bond motifs is 1. The lowest BCUT2D eigenvalue weighted by Gasteiger charge is -2.36. The Morgan fingerprint density at radius 2 is 1.50 bits per heavy atom. The molecule has 0 aliphatic carbocycles. The van der Waals surface area contributed by atoms with E-state index in [9.17, 15) is 14.4 Å². The summed E-state index contributed by atoms with van der Waals surface area (Å²) in [6.45, 7) is 1.60. The highest BCUT2D eigenvalue weighted by molar-refractivity contribution is 5.93. The molecule has 2 aromatic rings. The summed E-state index contributed by atoms with van der Waals surface area (Å²) < 4.78 is 0. The van der Waals surface area contributed by atoms with E-state index >= 15 is 0 Å². The second kappa shape index (κ2) is 10.8. The van der Waals surface area contributed by atoms with Gasteiger partial charge in [-0.2, -0.15) is 0 Å². The van der Waals surface area contributed by atoms with Crippen LogP contribution < -0.4 is 16.4 Å². The van der Waals surface area contributed by atoms with Crippen molar-refractivity contribution in [1.82, 2.24) is 15.5 Å². The van der Waals surface area contributed by atoms with Gasteiger partial charge in [-0.15, -0.1) is 0 Å². The quantitative estimate of drug-likeness (QED) is 0.614. The molecule has 2 aliphatic heterocycles. The summed E-state index contributed by atoms with van der Waals surface area (Å²) in [6, 6.07) is 17.5.